The van der Waals surface area contributed by atoms with Crippen LogP contribution in [-0.4, -0.2) is 0 Å². The van der Waals surface area contributed by atoms with Gasteiger partial charge in [0.2, 0.25) is 0 Å². The van der Waals surface area contributed by atoms with Crippen molar-refractivity contribution in [1.82, 2.24) is 0 Å². The van der Waals surface area contributed by atoms with E-state index in [0.717, 1.165) is 16.7 Å². The van der Waals surface area contributed by atoms with Crippen LogP contribution in [0.4, 0.5) is 4.39 Å². The predicted octanol–water partition coefficient (Wildman–Crippen LogP) is 5.81. The zero-order valence-corrected chi connectivity index (χ0v) is 12.6. The molecule has 0 aliphatic rings. The first-order valence-corrected chi connectivity index (χ1v) is 7.44. The SMILES string of the molecule is Cc1cc(F)cc(C(Cl)Cc2ccc3ccccc3c2)c1. The minimum absolute atomic E-state index is 0.222. The fourth-order valence-corrected chi connectivity index (χ4v) is 2.94. The molecule has 0 radical (unpaired) electrons. The predicted molar refractivity (Wildman–Crippen MR) is 87.4 cm³/mol. The van der Waals surface area contributed by atoms with Crippen molar-refractivity contribution >= 4 is 22.4 Å². The number of benzene rings is 3. The lowest BCUT2D eigenvalue weighted by molar-refractivity contribution is 0.623. The summed E-state index contributed by atoms with van der Waals surface area (Å²) in [7, 11) is 0. The van der Waals surface area contributed by atoms with Gasteiger partial charge in [-0.2, -0.15) is 0 Å². The largest absolute Gasteiger partial charge is 0.207 e. The van der Waals surface area contributed by atoms with E-state index >= 15 is 0 Å². The summed E-state index contributed by atoms with van der Waals surface area (Å²) in [5.74, 6) is -0.228. The summed E-state index contributed by atoms with van der Waals surface area (Å²) in [5.41, 5.74) is 2.90. The molecule has 0 aromatic heterocycles. The summed E-state index contributed by atoms with van der Waals surface area (Å²) >= 11 is 6.47. The van der Waals surface area contributed by atoms with Crippen molar-refractivity contribution in [2.24, 2.45) is 0 Å². The van der Waals surface area contributed by atoms with Gasteiger partial charge in [0, 0.05) is 0 Å². The number of fused-ring (bicyclic) bond motifs is 1. The molecule has 2 heteroatoms. The Kier molecular flexibility index (Phi) is 3.94. The van der Waals surface area contributed by atoms with Crippen LogP contribution in [0.25, 0.3) is 10.8 Å². The van der Waals surface area contributed by atoms with Gasteiger partial charge >= 0.3 is 0 Å². The maximum atomic E-state index is 13.5. The second kappa shape index (κ2) is 5.87. The molecule has 1 atom stereocenters. The normalized spacial score (nSPS) is 12.5. The molecule has 106 valence electrons. The van der Waals surface area contributed by atoms with E-state index in [-0.39, 0.29) is 11.2 Å². The molecule has 1 unspecified atom stereocenters. The van der Waals surface area contributed by atoms with Crippen molar-refractivity contribution in [2.75, 3.05) is 0 Å². The monoisotopic (exact) mass is 298 g/mol. The average molecular weight is 299 g/mol. The lowest BCUT2D eigenvalue weighted by Crippen LogP contribution is -1.97. The summed E-state index contributed by atoms with van der Waals surface area (Å²) in [6.45, 7) is 1.88. The van der Waals surface area contributed by atoms with E-state index in [9.17, 15) is 4.39 Å². The molecular formula is C19H16ClF. The van der Waals surface area contributed by atoms with Crippen molar-refractivity contribution in [3.63, 3.8) is 0 Å². The van der Waals surface area contributed by atoms with Crippen LogP contribution in [0.1, 0.15) is 22.1 Å². The second-order valence-electron chi connectivity index (χ2n) is 5.42. The summed E-state index contributed by atoms with van der Waals surface area (Å²) in [6, 6.07) is 19.6. The lowest BCUT2D eigenvalue weighted by Gasteiger charge is -2.12. The Morgan fingerprint density at radius 1 is 0.952 bits per heavy atom. The van der Waals surface area contributed by atoms with E-state index in [4.69, 9.17) is 11.6 Å². The minimum atomic E-state index is -0.228. The van der Waals surface area contributed by atoms with Crippen LogP contribution >= 0.6 is 11.6 Å². The van der Waals surface area contributed by atoms with Crippen molar-refractivity contribution in [1.29, 1.82) is 0 Å². The van der Waals surface area contributed by atoms with Gasteiger partial charge in [0.25, 0.3) is 0 Å². The summed E-state index contributed by atoms with van der Waals surface area (Å²) < 4.78 is 13.5. The second-order valence-corrected chi connectivity index (χ2v) is 5.94. The van der Waals surface area contributed by atoms with E-state index in [2.05, 4.69) is 30.3 Å². The van der Waals surface area contributed by atoms with Crippen LogP contribution in [0.3, 0.4) is 0 Å². The molecule has 0 spiro atoms. The molecule has 0 fully saturated rings. The van der Waals surface area contributed by atoms with Crippen LogP contribution in [0.15, 0.2) is 60.7 Å². The standard InChI is InChI=1S/C19H16ClF/c1-13-8-17(12-18(21)9-13)19(20)11-14-6-7-15-4-2-3-5-16(15)10-14/h2-10,12,19H,11H2,1H3. The quantitative estimate of drug-likeness (QED) is 0.535. The number of alkyl halides is 1. The highest BCUT2D eigenvalue weighted by molar-refractivity contribution is 6.21. The number of rotatable bonds is 3. The highest BCUT2D eigenvalue weighted by Crippen LogP contribution is 2.28. The van der Waals surface area contributed by atoms with Crippen molar-refractivity contribution in [3.05, 3.63) is 83.2 Å². The smallest absolute Gasteiger partial charge is 0.123 e. The van der Waals surface area contributed by atoms with Crippen LogP contribution in [0.5, 0.6) is 0 Å². The number of hydrogen-bond donors (Lipinski definition) is 0. The van der Waals surface area contributed by atoms with E-state index in [1.807, 2.05) is 25.1 Å². The Hall–Kier alpha value is -1.86. The van der Waals surface area contributed by atoms with Crippen LogP contribution in [0, 0.1) is 12.7 Å². The molecule has 0 nitrogen and oxygen atoms in total. The molecular weight excluding hydrogens is 283 g/mol. The Bertz CT molecular complexity index is 759. The molecule has 3 aromatic rings. The van der Waals surface area contributed by atoms with Crippen LogP contribution in [0.2, 0.25) is 0 Å². The number of aryl methyl sites for hydroxylation is 1. The van der Waals surface area contributed by atoms with Gasteiger partial charge in [0.1, 0.15) is 5.82 Å². The maximum Gasteiger partial charge on any atom is 0.123 e. The topological polar surface area (TPSA) is 0 Å². The summed E-state index contributed by atoms with van der Waals surface area (Å²) in [5, 5.41) is 2.20. The maximum absolute atomic E-state index is 13.5. The summed E-state index contributed by atoms with van der Waals surface area (Å²) in [4.78, 5) is 0. The van der Waals surface area contributed by atoms with Gasteiger partial charge < -0.3 is 0 Å². The van der Waals surface area contributed by atoms with Gasteiger partial charge in [-0.15, -0.1) is 11.6 Å². The fraction of sp³-hybridized carbons (Fsp3) is 0.158. The molecule has 0 aliphatic heterocycles. The molecule has 0 saturated carbocycles. The molecule has 3 aromatic carbocycles. The van der Waals surface area contributed by atoms with Gasteiger partial charge in [0.15, 0.2) is 0 Å². The molecule has 0 N–H and O–H groups in total. The van der Waals surface area contributed by atoms with Crippen LogP contribution < -0.4 is 0 Å². The minimum Gasteiger partial charge on any atom is -0.207 e. The van der Waals surface area contributed by atoms with E-state index < -0.39 is 0 Å². The molecule has 0 saturated heterocycles. The molecule has 0 heterocycles. The fourth-order valence-electron chi connectivity index (χ4n) is 2.64. The van der Waals surface area contributed by atoms with E-state index in [1.165, 1.54) is 22.9 Å². The lowest BCUT2D eigenvalue weighted by atomic mass is 10.00. The highest BCUT2D eigenvalue weighted by atomic mass is 35.5. The Balaban J connectivity index is 1.86. The van der Waals surface area contributed by atoms with Gasteiger partial charge in [-0.3, -0.25) is 0 Å². The van der Waals surface area contributed by atoms with Crippen LogP contribution in [-0.2, 0) is 6.42 Å². The van der Waals surface area contributed by atoms with Gasteiger partial charge in [-0.1, -0.05) is 48.5 Å². The first kappa shape index (κ1) is 14.1. The van der Waals surface area contributed by atoms with Crippen molar-refractivity contribution in [3.8, 4) is 0 Å². The molecule has 0 amide bonds. The van der Waals surface area contributed by atoms with Crippen molar-refractivity contribution in [2.45, 2.75) is 18.7 Å². The first-order valence-electron chi connectivity index (χ1n) is 7.01. The van der Waals surface area contributed by atoms with E-state index in [1.54, 1.807) is 0 Å². The average Bonchev–Trinajstić information content (AvgIpc) is 2.46. The number of hydrogen-bond acceptors (Lipinski definition) is 0. The van der Waals surface area contributed by atoms with Gasteiger partial charge in [0.05, 0.1) is 5.38 Å². The zero-order valence-electron chi connectivity index (χ0n) is 11.8. The zero-order chi connectivity index (χ0) is 14.8. The van der Waals surface area contributed by atoms with Gasteiger partial charge in [-0.05, 0) is 52.9 Å². The molecule has 0 aliphatic carbocycles. The Labute approximate surface area is 129 Å². The van der Waals surface area contributed by atoms with E-state index in [0.29, 0.717) is 6.42 Å². The third-order valence-corrected chi connectivity index (χ3v) is 4.06. The first-order chi connectivity index (χ1) is 10.1. The third kappa shape index (κ3) is 3.25. The summed E-state index contributed by atoms with van der Waals surface area (Å²) in [6.07, 6.45) is 0.690. The Morgan fingerprint density at radius 3 is 2.48 bits per heavy atom. The molecule has 0 bridgehead atoms. The van der Waals surface area contributed by atoms with Gasteiger partial charge in [-0.25, -0.2) is 4.39 Å². The Morgan fingerprint density at radius 2 is 1.71 bits per heavy atom. The number of halogens is 2. The molecule has 3 rings (SSSR count). The third-order valence-electron chi connectivity index (χ3n) is 3.65. The highest BCUT2D eigenvalue weighted by Gasteiger charge is 2.11. The van der Waals surface area contributed by atoms with Crippen molar-refractivity contribution < 1.29 is 4.39 Å². The molecule has 21 heavy (non-hydrogen) atoms.